The minimum atomic E-state index is 0.552. The third-order valence-corrected chi connectivity index (χ3v) is 5.14. The third kappa shape index (κ3) is 2.00. The Morgan fingerprint density at radius 3 is 2.76 bits per heavy atom. The molecule has 21 heavy (non-hydrogen) atoms. The molecule has 4 nitrogen and oxygen atoms in total. The molecule has 0 saturated heterocycles. The summed E-state index contributed by atoms with van der Waals surface area (Å²) in [5.41, 5.74) is 4.70. The van der Waals surface area contributed by atoms with Crippen LogP contribution in [-0.4, -0.2) is 20.9 Å². The molecule has 106 valence electrons. The second kappa shape index (κ2) is 4.49. The summed E-state index contributed by atoms with van der Waals surface area (Å²) in [5, 5.41) is 5.68. The summed E-state index contributed by atoms with van der Waals surface area (Å²) >= 11 is 1.60. The molecule has 0 aliphatic heterocycles. The van der Waals surface area contributed by atoms with E-state index >= 15 is 0 Å². The molecule has 1 saturated carbocycles. The van der Waals surface area contributed by atoms with Crippen LogP contribution < -0.4 is 0 Å². The van der Waals surface area contributed by atoms with Crippen LogP contribution in [0.25, 0.3) is 16.2 Å². The number of hydrogen-bond donors (Lipinski definition) is 0. The van der Waals surface area contributed by atoms with Crippen molar-refractivity contribution >= 4 is 22.6 Å². The predicted molar refractivity (Wildman–Crippen MR) is 83.1 cm³/mol. The number of fused-ring (bicyclic) bond motifs is 1. The van der Waals surface area contributed by atoms with Crippen molar-refractivity contribution in [2.75, 3.05) is 0 Å². The van der Waals surface area contributed by atoms with Gasteiger partial charge in [-0.25, -0.2) is 4.98 Å². The van der Waals surface area contributed by atoms with E-state index in [1.165, 1.54) is 24.0 Å². The molecule has 1 aromatic carbocycles. The maximum Gasteiger partial charge on any atom is 0.213 e. The van der Waals surface area contributed by atoms with Gasteiger partial charge in [-0.1, -0.05) is 23.5 Å². The Balaban J connectivity index is 1.89. The van der Waals surface area contributed by atoms with E-state index < -0.39 is 0 Å². The maximum atomic E-state index is 11.5. The summed E-state index contributed by atoms with van der Waals surface area (Å²) in [4.78, 5) is 17.0. The molecule has 0 spiro atoms. The fourth-order valence-corrected chi connectivity index (χ4v) is 3.56. The SMILES string of the molecule is Cc1ccc(-c2nc3sc(C4CC4)nn3c2C=O)cc1C. The second-order valence-electron chi connectivity index (χ2n) is 5.67. The molecule has 1 aliphatic rings. The van der Waals surface area contributed by atoms with Crippen molar-refractivity contribution in [2.45, 2.75) is 32.6 Å². The average molecular weight is 297 g/mol. The van der Waals surface area contributed by atoms with Gasteiger partial charge in [0.25, 0.3) is 0 Å². The zero-order valence-electron chi connectivity index (χ0n) is 12.0. The number of aryl methyl sites for hydroxylation is 2. The van der Waals surface area contributed by atoms with Crippen LogP contribution in [0.4, 0.5) is 0 Å². The van der Waals surface area contributed by atoms with Crippen molar-refractivity contribution < 1.29 is 4.79 Å². The minimum absolute atomic E-state index is 0.552. The van der Waals surface area contributed by atoms with Crippen LogP contribution in [0, 0.1) is 13.8 Å². The standard InChI is InChI=1S/C16H15N3OS/c1-9-3-4-12(7-10(9)2)14-13(8-20)19-16(17-14)21-15(18-19)11-5-6-11/h3-4,7-8,11H,5-6H2,1-2H3. The monoisotopic (exact) mass is 297 g/mol. The molecule has 0 radical (unpaired) electrons. The van der Waals surface area contributed by atoms with Crippen LogP contribution in [-0.2, 0) is 0 Å². The van der Waals surface area contributed by atoms with E-state index in [1.54, 1.807) is 15.9 Å². The molecular formula is C16H15N3OS. The molecule has 0 atom stereocenters. The van der Waals surface area contributed by atoms with Crippen LogP contribution in [0.1, 0.15) is 45.4 Å². The Kier molecular flexibility index (Phi) is 2.72. The van der Waals surface area contributed by atoms with Crippen LogP contribution >= 0.6 is 11.3 Å². The normalized spacial score (nSPS) is 14.8. The lowest BCUT2D eigenvalue weighted by atomic mass is 10.0. The number of carbonyl (C=O) groups is 1. The minimum Gasteiger partial charge on any atom is -0.296 e. The Bertz CT molecular complexity index is 858. The molecule has 1 fully saturated rings. The lowest BCUT2D eigenvalue weighted by Crippen LogP contribution is -1.95. The first kappa shape index (κ1) is 12.7. The molecule has 2 aromatic heterocycles. The number of benzene rings is 1. The van der Waals surface area contributed by atoms with Gasteiger partial charge in [-0.3, -0.25) is 4.79 Å². The molecule has 2 heterocycles. The first-order chi connectivity index (χ1) is 10.2. The smallest absolute Gasteiger partial charge is 0.213 e. The molecule has 0 unspecified atom stereocenters. The molecule has 1 aliphatic carbocycles. The summed E-state index contributed by atoms with van der Waals surface area (Å²) in [7, 11) is 0. The van der Waals surface area contributed by atoms with Crippen molar-refractivity contribution in [2.24, 2.45) is 0 Å². The lowest BCUT2D eigenvalue weighted by molar-refractivity contribution is 0.111. The quantitative estimate of drug-likeness (QED) is 0.691. The Morgan fingerprint density at radius 1 is 1.29 bits per heavy atom. The molecule has 0 N–H and O–H groups in total. The number of hydrogen-bond acceptors (Lipinski definition) is 4. The van der Waals surface area contributed by atoms with E-state index in [9.17, 15) is 4.79 Å². The van der Waals surface area contributed by atoms with Crippen LogP contribution in [0.3, 0.4) is 0 Å². The highest BCUT2D eigenvalue weighted by Gasteiger charge is 2.29. The highest BCUT2D eigenvalue weighted by molar-refractivity contribution is 7.16. The van der Waals surface area contributed by atoms with E-state index in [0.29, 0.717) is 11.6 Å². The van der Waals surface area contributed by atoms with Crippen LogP contribution in [0.2, 0.25) is 0 Å². The van der Waals surface area contributed by atoms with Crippen molar-refractivity contribution in [3.05, 3.63) is 40.0 Å². The fraction of sp³-hybridized carbons (Fsp3) is 0.312. The number of aldehydes is 1. The second-order valence-corrected chi connectivity index (χ2v) is 6.66. The first-order valence-corrected chi connectivity index (χ1v) is 7.91. The van der Waals surface area contributed by atoms with Gasteiger partial charge in [-0.15, -0.1) is 0 Å². The lowest BCUT2D eigenvalue weighted by Gasteiger charge is -2.03. The van der Waals surface area contributed by atoms with Gasteiger partial charge in [0.05, 0.1) is 0 Å². The molecular weight excluding hydrogens is 282 g/mol. The van der Waals surface area contributed by atoms with Gasteiger partial charge in [0, 0.05) is 11.5 Å². The molecule has 3 aromatic rings. The van der Waals surface area contributed by atoms with Gasteiger partial charge >= 0.3 is 0 Å². The van der Waals surface area contributed by atoms with E-state index in [2.05, 4.69) is 36.1 Å². The zero-order chi connectivity index (χ0) is 14.6. The van der Waals surface area contributed by atoms with Crippen molar-refractivity contribution in [1.82, 2.24) is 14.6 Å². The Labute approximate surface area is 126 Å². The molecule has 0 amide bonds. The fourth-order valence-electron chi connectivity index (χ4n) is 2.48. The van der Waals surface area contributed by atoms with Gasteiger partial charge in [0.2, 0.25) is 4.96 Å². The molecule has 5 heteroatoms. The van der Waals surface area contributed by atoms with E-state index in [1.807, 2.05) is 6.07 Å². The maximum absolute atomic E-state index is 11.5. The molecule has 0 bridgehead atoms. The number of rotatable bonds is 3. The summed E-state index contributed by atoms with van der Waals surface area (Å²) in [5.74, 6) is 0.585. The van der Waals surface area contributed by atoms with Crippen molar-refractivity contribution in [1.29, 1.82) is 0 Å². The third-order valence-electron chi connectivity index (χ3n) is 4.07. The number of aromatic nitrogens is 3. The van der Waals surface area contributed by atoms with Gasteiger partial charge < -0.3 is 0 Å². The number of nitrogens with zero attached hydrogens (tertiary/aromatic N) is 3. The summed E-state index contributed by atoms with van der Waals surface area (Å²) in [6.07, 6.45) is 3.27. The van der Waals surface area contributed by atoms with Crippen molar-refractivity contribution in [3.63, 3.8) is 0 Å². The largest absolute Gasteiger partial charge is 0.296 e. The highest BCUT2D eigenvalue weighted by Crippen LogP contribution is 2.42. The zero-order valence-corrected chi connectivity index (χ0v) is 12.8. The Hall–Kier alpha value is -2.01. The summed E-state index contributed by atoms with van der Waals surface area (Å²) in [6, 6.07) is 6.16. The van der Waals surface area contributed by atoms with Crippen molar-refractivity contribution in [3.8, 4) is 11.3 Å². The van der Waals surface area contributed by atoms with E-state index in [-0.39, 0.29) is 0 Å². The highest BCUT2D eigenvalue weighted by atomic mass is 32.1. The van der Waals surface area contributed by atoms with Gasteiger partial charge in [0.15, 0.2) is 6.29 Å². The van der Waals surface area contributed by atoms with Gasteiger partial charge in [-0.05, 0) is 43.9 Å². The number of imidazole rings is 1. The summed E-state index contributed by atoms with van der Waals surface area (Å²) < 4.78 is 1.70. The Morgan fingerprint density at radius 2 is 2.10 bits per heavy atom. The van der Waals surface area contributed by atoms with Gasteiger partial charge in [0.1, 0.15) is 16.4 Å². The van der Waals surface area contributed by atoms with Crippen LogP contribution in [0.15, 0.2) is 18.2 Å². The van der Waals surface area contributed by atoms with Gasteiger partial charge in [-0.2, -0.15) is 9.61 Å². The number of carbonyl (C=O) groups excluding carboxylic acids is 1. The predicted octanol–water partition coefficient (Wildman–Crippen LogP) is 3.76. The van der Waals surface area contributed by atoms with E-state index in [4.69, 9.17) is 0 Å². The van der Waals surface area contributed by atoms with E-state index in [0.717, 1.165) is 27.5 Å². The first-order valence-electron chi connectivity index (χ1n) is 7.09. The topological polar surface area (TPSA) is 47.3 Å². The average Bonchev–Trinajstić information content (AvgIpc) is 3.15. The summed E-state index contributed by atoms with van der Waals surface area (Å²) in [6.45, 7) is 4.15. The van der Waals surface area contributed by atoms with Crippen LogP contribution in [0.5, 0.6) is 0 Å². The molecule has 4 rings (SSSR count).